The maximum absolute atomic E-state index is 8.52. The van der Waals surface area contributed by atoms with E-state index in [2.05, 4.69) is 33.8 Å². The molecule has 0 amide bonds. The van der Waals surface area contributed by atoms with Gasteiger partial charge in [0.1, 0.15) is 0 Å². The fraction of sp³-hybridized carbons (Fsp3) is 0.632. The van der Waals surface area contributed by atoms with Crippen molar-refractivity contribution in [2.45, 2.75) is 80.6 Å². The van der Waals surface area contributed by atoms with Gasteiger partial charge in [0.05, 0.1) is 6.07 Å². The summed E-state index contributed by atoms with van der Waals surface area (Å²) in [7, 11) is 0. The smallest absolute Gasteiger partial charge is 0.0988 e. The molecule has 0 aromatic carbocycles. The Hall–Kier alpha value is -1.29. The number of nitriles is 1. The molecular weight excluding hydrogens is 242 g/mol. The summed E-state index contributed by atoms with van der Waals surface area (Å²) >= 11 is 0. The van der Waals surface area contributed by atoms with Crippen LogP contribution in [0.25, 0.3) is 0 Å². The second kappa shape index (κ2) is 22.9. The molecule has 0 fully saturated rings. The first-order valence-corrected chi connectivity index (χ1v) is 7.94. The highest BCUT2D eigenvalue weighted by atomic mass is 14.2. The van der Waals surface area contributed by atoms with Crippen LogP contribution in [-0.4, -0.2) is 0 Å². The van der Waals surface area contributed by atoms with Gasteiger partial charge in [-0.3, -0.25) is 0 Å². The van der Waals surface area contributed by atoms with Crippen LogP contribution in [0.4, 0.5) is 0 Å². The molecule has 0 aliphatic rings. The van der Waals surface area contributed by atoms with E-state index >= 15 is 0 Å². The van der Waals surface area contributed by atoms with Crippen LogP contribution < -0.4 is 0 Å². The maximum atomic E-state index is 8.52. The average Bonchev–Trinajstić information content (AvgIpc) is 2.49. The van der Waals surface area contributed by atoms with Crippen molar-refractivity contribution in [2.24, 2.45) is 0 Å². The number of rotatable bonds is 5. The second-order valence-corrected chi connectivity index (χ2v) is 4.58. The van der Waals surface area contributed by atoms with Gasteiger partial charge >= 0.3 is 0 Å². The molecule has 116 valence electrons. The molecule has 0 rings (SSSR count). The first-order valence-electron chi connectivity index (χ1n) is 7.94. The van der Waals surface area contributed by atoms with Crippen LogP contribution in [0.2, 0.25) is 0 Å². The first kappa shape index (κ1) is 23.8. The molecule has 0 saturated carbocycles. The number of nitrogens with zero attached hydrogens (tertiary/aromatic N) is 1. The minimum atomic E-state index is 0.700. The van der Waals surface area contributed by atoms with Crippen LogP contribution in [0.15, 0.2) is 35.5 Å². The van der Waals surface area contributed by atoms with E-state index in [1.165, 1.54) is 37.7 Å². The fourth-order valence-electron chi connectivity index (χ4n) is 0.869. The van der Waals surface area contributed by atoms with Crippen LogP contribution in [0, 0.1) is 11.3 Å². The van der Waals surface area contributed by atoms with Gasteiger partial charge in [0.25, 0.3) is 0 Å². The number of hydrogen-bond donors (Lipinski definition) is 0. The molecule has 0 aliphatic heterocycles. The molecule has 0 aromatic heterocycles. The molecule has 0 heterocycles. The fourth-order valence-corrected chi connectivity index (χ4v) is 0.869. The summed E-state index contributed by atoms with van der Waals surface area (Å²) in [4.78, 5) is 0. The standard InChI is InChI=1S/C10H13N.C5H12.C4H10/c1-4-9(3)6-7-10(5-2)8-11;1-3-5-4-2;1-3-4-2/h4-7H,1-3H3;3-5H2,1-2H3;3-4H2,1-2H3/b7-6-,9-4-,10-5+;;. The van der Waals surface area contributed by atoms with Gasteiger partial charge in [0.2, 0.25) is 0 Å². The molecule has 0 unspecified atom stereocenters. The zero-order valence-electron chi connectivity index (χ0n) is 14.8. The summed E-state index contributed by atoms with van der Waals surface area (Å²) < 4.78 is 0. The Bertz CT molecular complexity index is 296. The van der Waals surface area contributed by atoms with Crippen molar-refractivity contribution in [1.29, 1.82) is 5.26 Å². The highest BCUT2D eigenvalue weighted by Crippen LogP contribution is 1.99. The number of unbranched alkanes of at least 4 members (excludes halogenated alkanes) is 3. The normalized spacial score (nSPS) is 11.1. The van der Waals surface area contributed by atoms with Crippen molar-refractivity contribution in [1.82, 2.24) is 0 Å². The Labute approximate surface area is 128 Å². The van der Waals surface area contributed by atoms with E-state index in [1.807, 2.05) is 39.0 Å². The first-order chi connectivity index (χ1) is 9.57. The molecule has 0 radical (unpaired) electrons. The lowest BCUT2D eigenvalue weighted by molar-refractivity contribution is 0.772. The summed E-state index contributed by atoms with van der Waals surface area (Å²) in [5.41, 5.74) is 1.87. The Balaban J connectivity index is -0.000000266. The Kier molecular flexibility index (Phi) is 27.2. The van der Waals surface area contributed by atoms with E-state index in [0.29, 0.717) is 5.57 Å². The van der Waals surface area contributed by atoms with Gasteiger partial charge in [-0.1, -0.05) is 83.6 Å². The van der Waals surface area contributed by atoms with Crippen molar-refractivity contribution < 1.29 is 0 Å². The molecule has 1 heteroatoms. The summed E-state index contributed by atoms with van der Waals surface area (Å²) in [6.45, 7) is 14.6. The third-order valence-electron chi connectivity index (χ3n) is 2.63. The Morgan fingerprint density at radius 1 is 0.850 bits per heavy atom. The third kappa shape index (κ3) is 25.5. The van der Waals surface area contributed by atoms with E-state index in [0.717, 1.165) is 0 Å². The molecule has 1 nitrogen and oxygen atoms in total. The predicted octanol–water partition coefficient (Wildman–Crippen LogP) is 6.98. The lowest BCUT2D eigenvalue weighted by atomic mass is 10.2. The van der Waals surface area contributed by atoms with Gasteiger partial charge in [0, 0.05) is 5.57 Å². The molecule has 0 atom stereocenters. The molecule has 0 saturated heterocycles. The molecule has 0 aliphatic carbocycles. The highest BCUT2D eigenvalue weighted by molar-refractivity contribution is 5.35. The number of allylic oxidation sites excluding steroid dienone is 6. The van der Waals surface area contributed by atoms with Gasteiger partial charge in [-0.2, -0.15) is 5.26 Å². The summed E-state index contributed by atoms with van der Waals surface area (Å²) in [5, 5.41) is 8.52. The van der Waals surface area contributed by atoms with Crippen LogP contribution in [-0.2, 0) is 0 Å². The van der Waals surface area contributed by atoms with Crippen molar-refractivity contribution in [3.63, 3.8) is 0 Å². The monoisotopic (exact) mass is 277 g/mol. The molecule has 0 bridgehead atoms. The highest BCUT2D eigenvalue weighted by Gasteiger charge is 1.83. The van der Waals surface area contributed by atoms with Gasteiger partial charge in [0.15, 0.2) is 0 Å². The molecule has 0 N–H and O–H groups in total. The van der Waals surface area contributed by atoms with Crippen molar-refractivity contribution in [3.05, 3.63) is 35.5 Å². The van der Waals surface area contributed by atoms with Gasteiger partial charge < -0.3 is 0 Å². The largest absolute Gasteiger partial charge is 0.192 e. The topological polar surface area (TPSA) is 23.8 Å². The van der Waals surface area contributed by atoms with Crippen LogP contribution >= 0.6 is 0 Å². The van der Waals surface area contributed by atoms with Gasteiger partial charge in [-0.15, -0.1) is 0 Å². The zero-order chi connectivity index (χ0) is 16.2. The number of hydrogen-bond acceptors (Lipinski definition) is 1. The van der Waals surface area contributed by atoms with E-state index in [-0.39, 0.29) is 0 Å². The lowest BCUT2D eigenvalue weighted by Gasteiger charge is -1.87. The summed E-state index contributed by atoms with van der Waals surface area (Å²) in [6, 6.07) is 2.08. The van der Waals surface area contributed by atoms with Crippen LogP contribution in [0.3, 0.4) is 0 Å². The van der Waals surface area contributed by atoms with Crippen LogP contribution in [0.5, 0.6) is 0 Å². The predicted molar refractivity (Wildman–Crippen MR) is 93.7 cm³/mol. The quantitative estimate of drug-likeness (QED) is 0.392. The van der Waals surface area contributed by atoms with Gasteiger partial charge in [-0.25, -0.2) is 0 Å². The van der Waals surface area contributed by atoms with Crippen molar-refractivity contribution >= 4 is 0 Å². The van der Waals surface area contributed by atoms with Gasteiger partial charge in [-0.05, 0) is 26.8 Å². The van der Waals surface area contributed by atoms with E-state index in [4.69, 9.17) is 5.26 Å². The minimum Gasteiger partial charge on any atom is -0.192 e. The Morgan fingerprint density at radius 3 is 1.55 bits per heavy atom. The van der Waals surface area contributed by atoms with Crippen LogP contribution in [0.1, 0.15) is 80.6 Å². The molecule has 20 heavy (non-hydrogen) atoms. The zero-order valence-corrected chi connectivity index (χ0v) is 14.8. The molecule has 0 aromatic rings. The summed E-state index contributed by atoms with van der Waals surface area (Å²) in [6.07, 6.45) is 14.3. The second-order valence-electron chi connectivity index (χ2n) is 4.58. The molecule has 0 spiro atoms. The van der Waals surface area contributed by atoms with E-state index in [9.17, 15) is 0 Å². The Morgan fingerprint density at radius 2 is 1.35 bits per heavy atom. The average molecular weight is 277 g/mol. The summed E-state index contributed by atoms with van der Waals surface area (Å²) in [5.74, 6) is 0. The van der Waals surface area contributed by atoms with Crippen molar-refractivity contribution in [2.75, 3.05) is 0 Å². The SMILES string of the molecule is CCCC.CCCCC.C\C=C(C)/C=C\C(C#N)=C/C. The van der Waals surface area contributed by atoms with E-state index < -0.39 is 0 Å². The molecular formula is C19H35N. The maximum Gasteiger partial charge on any atom is 0.0988 e. The van der Waals surface area contributed by atoms with E-state index in [1.54, 1.807) is 6.08 Å². The minimum absolute atomic E-state index is 0.700. The van der Waals surface area contributed by atoms with Crippen molar-refractivity contribution in [3.8, 4) is 6.07 Å². The third-order valence-corrected chi connectivity index (χ3v) is 2.63. The lowest BCUT2D eigenvalue weighted by Crippen LogP contribution is -1.70.